The highest BCUT2D eigenvalue weighted by molar-refractivity contribution is 5.93. The van der Waals surface area contributed by atoms with Gasteiger partial charge < -0.3 is 19.5 Å². The first-order chi connectivity index (χ1) is 11.0. The Morgan fingerprint density at radius 2 is 1.83 bits per heavy atom. The third-order valence-electron chi connectivity index (χ3n) is 3.17. The van der Waals surface area contributed by atoms with Crippen LogP contribution in [0.25, 0.3) is 0 Å². The summed E-state index contributed by atoms with van der Waals surface area (Å²) in [5.74, 6) is 0.617. The summed E-state index contributed by atoms with van der Waals surface area (Å²) in [5, 5.41) is 2.73. The number of nitrogens with one attached hydrogen (secondary N) is 1. The van der Waals surface area contributed by atoms with E-state index in [9.17, 15) is 9.18 Å². The van der Waals surface area contributed by atoms with E-state index in [1.807, 2.05) is 6.92 Å². The molecule has 0 aromatic heterocycles. The second kappa shape index (κ2) is 7.49. The van der Waals surface area contributed by atoms with Crippen molar-refractivity contribution >= 4 is 11.6 Å². The summed E-state index contributed by atoms with van der Waals surface area (Å²) in [7, 11) is 3.06. The third-order valence-corrected chi connectivity index (χ3v) is 3.17. The molecular weight excluding hydrogens is 301 g/mol. The van der Waals surface area contributed by atoms with Crippen LogP contribution in [0.2, 0.25) is 0 Å². The Morgan fingerprint density at radius 3 is 2.48 bits per heavy atom. The molecule has 0 heterocycles. The number of methoxy groups -OCH3 is 2. The van der Waals surface area contributed by atoms with Crippen molar-refractivity contribution in [3.63, 3.8) is 0 Å². The highest BCUT2D eigenvalue weighted by Gasteiger charge is 2.11. The maximum absolute atomic E-state index is 13.0. The van der Waals surface area contributed by atoms with Gasteiger partial charge in [-0.15, -0.1) is 0 Å². The molecule has 2 aromatic rings. The van der Waals surface area contributed by atoms with Crippen molar-refractivity contribution in [3.8, 4) is 17.2 Å². The molecule has 0 saturated carbocycles. The maximum Gasteiger partial charge on any atom is 0.262 e. The van der Waals surface area contributed by atoms with E-state index in [0.717, 1.165) is 5.56 Å². The zero-order chi connectivity index (χ0) is 16.8. The zero-order valence-electron chi connectivity index (χ0n) is 13.2. The number of amides is 1. The fourth-order valence-corrected chi connectivity index (χ4v) is 2.01. The van der Waals surface area contributed by atoms with Crippen LogP contribution in [-0.4, -0.2) is 26.7 Å². The Labute approximate surface area is 134 Å². The standard InChI is InChI=1S/C17H18FNO4/c1-11-7-15(21-2)16(22-3)9-14(11)19-17(20)10-23-13-6-4-5-12(18)8-13/h4-9H,10H2,1-3H3,(H,19,20). The quantitative estimate of drug-likeness (QED) is 0.888. The number of rotatable bonds is 6. The Morgan fingerprint density at radius 1 is 1.13 bits per heavy atom. The predicted molar refractivity (Wildman–Crippen MR) is 84.8 cm³/mol. The van der Waals surface area contributed by atoms with Gasteiger partial charge in [0, 0.05) is 17.8 Å². The molecule has 0 unspecified atom stereocenters. The molecule has 0 fully saturated rings. The Kier molecular flexibility index (Phi) is 5.41. The molecule has 0 radical (unpaired) electrons. The van der Waals surface area contributed by atoms with Gasteiger partial charge in [0.05, 0.1) is 14.2 Å². The highest BCUT2D eigenvalue weighted by Crippen LogP contribution is 2.32. The lowest BCUT2D eigenvalue weighted by atomic mass is 10.1. The van der Waals surface area contributed by atoms with Crippen LogP contribution in [0, 0.1) is 12.7 Å². The average molecular weight is 319 g/mol. The van der Waals surface area contributed by atoms with E-state index in [2.05, 4.69) is 5.32 Å². The number of hydrogen-bond acceptors (Lipinski definition) is 4. The van der Waals surface area contributed by atoms with Gasteiger partial charge in [-0.1, -0.05) is 6.07 Å². The molecule has 23 heavy (non-hydrogen) atoms. The van der Waals surface area contributed by atoms with Crippen molar-refractivity contribution in [1.82, 2.24) is 0 Å². The lowest BCUT2D eigenvalue weighted by Crippen LogP contribution is -2.20. The zero-order valence-corrected chi connectivity index (χ0v) is 13.2. The first-order valence-electron chi connectivity index (χ1n) is 6.94. The van der Waals surface area contributed by atoms with Crippen molar-refractivity contribution in [2.24, 2.45) is 0 Å². The molecule has 5 nitrogen and oxygen atoms in total. The van der Waals surface area contributed by atoms with Gasteiger partial charge in [-0.2, -0.15) is 0 Å². The van der Waals surface area contributed by atoms with E-state index in [1.165, 1.54) is 25.3 Å². The molecule has 0 spiro atoms. The van der Waals surface area contributed by atoms with Crippen molar-refractivity contribution in [2.75, 3.05) is 26.1 Å². The minimum Gasteiger partial charge on any atom is -0.493 e. The van der Waals surface area contributed by atoms with Crippen LogP contribution in [0.3, 0.4) is 0 Å². The minimum absolute atomic E-state index is 0.225. The van der Waals surface area contributed by atoms with E-state index in [4.69, 9.17) is 14.2 Å². The van der Waals surface area contributed by atoms with Crippen LogP contribution in [0.15, 0.2) is 36.4 Å². The van der Waals surface area contributed by atoms with Crippen LogP contribution in [-0.2, 0) is 4.79 Å². The molecule has 0 saturated heterocycles. The largest absolute Gasteiger partial charge is 0.493 e. The lowest BCUT2D eigenvalue weighted by molar-refractivity contribution is -0.118. The fourth-order valence-electron chi connectivity index (χ4n) is 2.01. The van der Waals surface area contributed by atoms with Gasteiger partial charge in [-0.25, -0.2) is 4.39 Å². The highest BCUT2D eigenvalue weighted by atomic mass is 19.1. The van der Waals surface area contributed by atoms with Crippen LogP contribution in [0.4, 0.5) is 10.1 Å². The summed E-state index contributed by atoms with van der Waals surface area (Å²) in [4.78, 5) is 12.0. The Balaban J connectivity index is 2.02. The average Bonchev–Trinajstić information content (AvgIpc) is 2.54. The summed E-state index contributed by atoms with van der Waals surface area (Å²) < 4.78 is 28.7. The molecule has 122 valence electrons. The number of carbonyl (C=O) groups is 1. The van der Waals surface area contributed by atoms with Gasteiger partial charge in [0.15, 0.2) is 18.1 Å². The van der Waals surface area contributed by atoms with Crippen LogP contribution in [0.5, 0.6) is 17.2 Å². The normalized spacial score (nSPS) is 10.1. The summed E-state index contributed by atoms with van der Waals surface area (Å²) in [6.07, 6.45) is 0. The van der Waals surface area contributed by atoms with E-state index in [-0.39, 0.29) is 12.5 Å². The molecule has 0 aliphatic carbocycles. The van der Waals surface area contributed by atoms with Gasteiger partial charge >= 0.3 is 0 Å². The molecule has 0 aliphatic rings. The van der Waals surface area contributed by atoms with Crippen LogP contribution >= 0.6 is 0 Å². The number of aryl methyl sites for hydroxylation is 1. The fraction of sp³-hybridized carbons (Fsp3) is 0.235. The number of anilines is 1. The van der Waals surface area contributed by atoms with Crippen molar-refractivity contribution < 1.29 is 23.4 Å². The SMILES string of the molecule is COc1cc(C)c(NC(=O)COc2cccc(F)c2)cc1OC. The second-order valence-corrected chi connectivity index (χ2v) is 4.82. The second-order valence-electron chi connectivity index (χ2n) is 4.82. The van der Waals surface area contributed by atoms with Gasteiger partial charge in [0.25, 0.3) is 5.91 Å². The number of benzene rings is 2. The van der Waals surface area contributed by atoms with E-state index >= 15 is 0 Å². The lowest BCUT2D eigenvalue weighted by Gasteiger charge is -2.14. The topological polar surface area (TPSA) is 56.8 Å². The summed E-state index contributed by atoms with van der Waals surface area (Å²) >= 11 is 0. The van der Waals surface area contributed by atoms with Gasteiger partial charge in [0.2, 0.25) is 0 Å². The van der Waals surface area contributed by atoms with Crippen LogP contribution in [0.1, 0.15) is 5.56 Å². The molecule has 0 aliphatic heterocycles. The van der Waals surface area contributed by atoms with E-state index in [1.54, 1.807) is 25.3 Å². The summed E-state index contributed by atoms with van der Waals surface area (Å²) in [6.45, 7) is 1.61. The van der Waals surface area contributed by atoms with Gasteiger partial charge in [-0.05, 0) is 30.7 Å². The minimum atomic E-state index is -0.418. The molecule has 0 bridgehead atoms. The Bertz CT molecular complexity index is 703. The predicted octanol–water partition coefficient (Wildman–Crippen LogP) is 3.17. The van der Waals surface area contributed by atoms with E-state index in [0.29, 0.717) is 22.9 Å². The molecule has 2 rings (SSSR count). The van der Waals surface area contributed by atoms with Crippen molar-refractivity contribution in [2.45, 2.75) is 6.92 Å². The summed E-state index contributed by atoms with van der Waals surface area (Å²) in [6, 6.07) is 9.06. The Hall–Kier alpha value is -2.76. The number of halogens is 1. The van der Waals surface area contributed by atoms with E-state index < -0.39 is 5.82 Å². The molecule has 0 atom stereocenters. The number of hydrogen-bond donors (Lipinski definition) is 1. The molecule has 6 heteroatoms. The molecule has 1 N–H and O–H groups in total. The smallest absolute Gasteiger partial charge is 0.262 e. The van der Waals surface area contributed by atoms with Crippen molar-refractivity contribution in [3.05, 3.63) is 47.8 Å². The maximum atomic E-state index is 13.0. The van der Waals surface area contributed by atoms with Gasteiger partial charge in [0.1, 0.15) is 11.6 Å². The first-order valence-corrected chi connectivity index (χ1v) is 6.94. The number of ether oxygens (including phenoxy) is 3. The summed E-state index contributed by atoms with van der Waals surface area (Å²) in [5.41, 5.74) is 1.41. The molecular formula is C17H18FNO4. The van der Waals surface area contributed by atoms with Gasteiger partial charge in [-0.3, -0.25) is 4.79 Å². The molecule has 2 aromatic carbocycles. The number of carbonyl (C=O) groups excluding carboxylic acids is 1. The monoisotopic (exact) mass is 319 g/mol. The van der Waals surface area contributed by atoms with Crippen LogP contribution < -0.4 is 19.5 Å². The first kappa shape index (κ1) is 16.6. The third kappa shape index (κ3) is 4.35. The van der Waals surface area contributed by atoms with Crippen molar-refractivity contribution in [1.29, 1.82) is 0 Å². The molecule has 1 amide bonds.